The number of sulfonamides is 1. The molecule has 0 aliphatic carbocycles. The Morgan fingerprint density at radius 1 is 0.897 bits per heavy atom. The molecule has 3 aromatic rings. The van der Waals surface area contributed by atoms with E-state index in [2.05, 4.69) is 10.0 Å². The van der Waals surface area contributed by atoms with Gasteiger partial charge in [0.2, 0.25) is 15.9 Å². The summed E-state index contributed by atoms with van der Waals surface area (Å²) in [5.74, 6) is -0.203. The van der Waals surface area contributed by atoms with Gasteiger partial charge in [-0.1, -0.05) is 30.3 Å². The van der Waals surface area contributed by atoms with Crippen molar-refractivity contribution in [3.05, 3.63) is 84.7 Å². The fraction of sp³-hybridized carbons (Fsp3) is 0.0952. The van der Waals surface area contributed by atoms with Crippen LogP contribution in [0.25, 0.3) is 0 Å². The van der Waals surface area contributed by atoms with Gasteiger partial charge in [0, 0.05) is 5.69 Å². The SMILES string of the molecule is CC(NS(=O)(=O)c1ccccc1F)C(=O)Nc1ccc(Oc2ccccc2)cc1. The maximum Gasteiger partial charge on any atom is 0.244 e. The molecule has 0 saturated carbocycles. The largest absolute Gasteiger partial charge is 0.457 e. The van der Waals surface area contributed by atoms with Crippen LogP contribution in [-0.4, -0.2) is 20.4 Å². The van der Waals surface area contributed by atoms with Crippen molar-refractivity contribution in [1.29, 1.82) is 0 Å². The number of hydrogen-bond donors (Lipinski definition) is 2. The van der Waals surface area contributed by atoms with Crippen LogP contribution in [0.2, 0.25) is 0 Å². The van der Waals surface area contributed by atoms with Gasteiger partial charge in [0.15, 0.2) is 0 Å². The molecule has 8 heteroatoms. The normalized spacial score (nSPS) is 12.2. The molecule has 0 heterocycles. The molecule has 1 unspecified atom stereocenters. The number of rotatable bonds is 7. The topological polar surface area (TPSA) is 84.5 Å². The molecule has 0 aliphatic heterocycles. The first-order chi connectivity index (χ1) is 13.8. The molecule has 29 heavy (non-hydrogen) atoms. The van der Waals surface area contributed by atoms with Crippen molar-refractivity contribution in [2.24, 2.45) is 0 Å². The predicted molar refractivity (Wildman–Crippen MR) is 108 cm³/mol. The van der Waals surface area contributed by atoms with Crippen molar-refractivity contribution in [3.63, 3.8) is 0 Å². The molecule has 150 valence electrons. The maximum atomic E-state index is 13.7. The van der Waals surface area contributed by atoms with Gasteiger partial charge < -0.3 is 10.1 Å². The van der Waals surface area contributed by atoms with Crippen LogP contribution in [0, 0.1) is 5.82 Å². The minimum atomic E-state index is -4.17. The first-order valence-corrected chi connectivity index (χ1v) is 10.2. The van der Waals surface area contributed by atoms with Crippen LogP contribution in [0.15, 0.2) is 83.8 Å². The summed E-state index contributed by atoms with van der Waals surface area (Å²) in [6, 6.07) is 19.7. The lowest BCUT2D eigenvalue weighted by Gasteiger charge is -2.15. The van der Waals surface area contributed by atoms with Crippen molar-refractivity contribution in [3.8, 4) is 11.5 Å². The number of anilines is 1. The molecule has 1 atom stereocenters. The third kappa shape index (κ3) is 5.40. The van der Waals surface area contributed by atoms with Crippen molar-refractivity contribution in [2.45, 2.75) is 17.9 Å². The molecular weight excluding hydrogens is 395 g/mol. The highest BCUT2D eigenvalue weighted by Crippen LogP contribution is 2.22. The Labute approximate surface area is 168 Å². The minimum Gasteiger partial charge on any atom is -0.457 e. The van der Waals surface area contributed by atoms with Crippen LogP contribution in [0.1, 0.15) is 6.92 Å². The van der Waals surface area contributed by atoms with Crippen molar-refractivity contribution in [1.82, 2.24) is 4.72 Å². The second kappa shape index (κ2) is 8.85. The van der Waals surface area contributed by atoms with E-state index in [1.54, 1.807) is 24.3 Å². The Morgan fingerprint density at radius 3 is 2.14 bits per heavy atom. The van der Waals surface area contributed by atoms with Crippen LogP contribution in [0.3, 0.4) is 0 Å². The van der Waals surface area contributed by atoms with Crippen LogP contribution in [0.4, 0.5) is 10.1 Å². The number of benzene rings is 3. The number of amides is 1. The lowest BCUT2D eigenvalue weighted by atomic mass is 10.2. The smallest absolute Gasteiger partial charge is 0.244 e. The van der Waals surface area contributed by atoms with Crippen LogP contribution >= 0.6 is 0 Å². The Morgan fingerprint density at radius 2 is 1.48 bits per heavy atom. The number of hydrogen-bond acceptors (Lipinski definition) is 4. The molecule has 0 aromatic heterocycles. The first kappa shape index (κ1) is 20.5. The van der Waals surface area contributed by atoms with E-state index in [1.807, 2.05) is 30.3 Å². The molecule has 3 rings (SSSR count). The van der Waals surface area contributed by atoms with Gasteiger partial charge in [0.05, 0.1) is 6.04 Å². The third-order valence-electron chi connectivity index (χ3n) is 3.95. The average molecular weight is 414 g/mol. The fourth-order valence-corrected chi connectivity index (χ4v) is 3.78. The van der Waals surface area contributed by atoms with E-state index in [9.17, 15) is 17.6 Å². The molecule has 6 nitrogen and oxygen atoms in total. The monoisotopic (exact) mass is 414 g/mol. The first-order valence-electron chi connectivity index (χ1n) is 8.76. The summed E-state index contributed by atoms with van der Waals surface area (Å²) in [4.78, 5) is 11.8. The molecule has 2 N–H and O–H groups in total. The molecule has 3 aromatic carbocycles. The fourth-order valence-electron chi connectivity index (χ4n) is 2.49. The maximum absolute atomic E-state index is 13.7. The van der Waals surface area contributed by atoms with E-state index in [1.165, 1.54) is 19.1 Å². The average Bonchev–Trinajstić information content (AvgIpc) is 2.70. The molecule has 0 bridgehead atoms. The number of halogens is 1. The van der Waals surface area contributed by atoms with Crippen LogP contribution < -0.4 is 14.8 Å². The molecule has 0 spiro atoms. The molecule has 0 aliphatic rings. The van der Waals surface area contributed by atoms with E-state index in [0.29, 0.717) is 17.2 Å². The van der Waals surface area contributed by atoms with Crippen molar-refractivity contribution < 1.29 is 22.3 Å². The zero-order valence-electron chi connectivity index (χ0n) is 15.5. The summed E-state index contributed by atoms with van der Waals surface area (Å²) in [6.07, 6.45) is 0. The van der Waals surface area contributed by atoms with Crippen LogP contribution in [-0.2, 0) is 14.8 Å². The van der Waals surface area contributed by atoms with Gasteiger partial charge in [-0.2, -0.15) is 4.72 Å². The molecule has 0 saturated heterocycles. The van der Waals surface area contributed by atoms with E-state index in [4.69, 9.17) is 4.74 Å². The molecule has 0 fully saturated rings. The van der Waals surface area contributed by atoms with Gasteiger partial charge in [-0.25, -0.2) is 12.8 Å². The zero-order chi connectivity index (χ0) is 20.9. The van der Waals surface area contributed by atoms with Gasteiger partial charge in [-0.05, 0) is 55.5 Å². The summed E-state index contributed by atoms with van der Waals surface area (Å²) in [5.41, 5.74) is 0.465. The van der Waals surface area contributed by atoms with E-state index >= 15 is 0 Å². The number of para-hydroxylation sites is 1. The quantitative estimate of drug-likeness (QED) is 0.614. The molecule has 0 radical (unpaired) electrons. The standard InChI is InChI=1S/C21H19FN2O4S/c1-15(24-29(26,27)20-10-6-5-9-19(20)22)21(25)23-16-11-13-18(14-12-16)28-17-7-3-2-4-8-17/h2-15,24H,1H3,(H,23,25). The van der Waals surface area contributed by atoms with Crippen LogP contribution in [0.5, 0.6) is 11.5 Å². The Kier molecular flexibility index (Phi) is 6.26. The summed E-state index contributed by atoms with van der Waals surface area (Å²) in [5, 5.41) is 2.61. The van der Waals surface area contributed by atoms with Gasteiger partial charge in [0.1, 0.15) is 22.2 Å². The summed E-state index contributed by atoms with van der Waals surface area (Å²) >= 11 is 0. The Bertz CT molecular complexity index is 1090. The Hall–Kier alpha value is -3.23. The Balaban J connectivity index is 1.61. The van der Waals surface area contributed by atoms with Crippen molar-refractivity contribution >= 4 is 21.6 Å². The lowest BCUT2D eigenvalue weighted by molar-refractivity contribution is -0.117. The molecular formula is C21H19FN2O4S. The van der Waals surface area contributed by atoms with E-state index in [0.717, 1.165) is 12.1 Å². The van der Waals surface area contributed by atoms with Gasteiger partial charge in [0.25, 0.3) is 0 Å². The van der Waals surface area contributed by atoms with Gasteiger partial charge >= 0.3 is 0 Å². The molecule has 1 amide bonds. The van der Waals surface area contributed by atoms with Gasteiger partial charge in [-0.15, -0.1) is 0 Å². The highest BCUT2D eigenvalue weighted by atomic mass is 32.2. The number of carbonyl (C=O) groups excluding carboxylic acids is 1. The zero-order valence-corrected chi connectivity index (χ0v) is 16.3. The minimum absolute atomic E-state index is 0.465. The summed E-state index contributed by atoms with van der Waals surface area (Å²) in [6.45, 7) is 1.38. The second-order valence-corrected chi connectivity index (χ2v) is 7.88. The lowest BCUT2D eigenvalue weighted by Crippen LogP contribution is -2.41. The number of nitrogens with one attached hydrogen (secondary N) is 2. The highest BCUT2D eigenvalue weighted by molar-refractivity contribution is 7.89. The van der Waals surface area contributed by atoms with Gasteiger partial charge in [-0.3, -0.25) is 4.79 Å². The van der Waals surface area contributed by atoms with Crippen molar-refractivity contribution in [2.75, 3.05) is 5.32 Å². The summed E-state index contributed by atoms with van der Waals surface area (Å²) in [7, 11) is -4.17. The second-order valence-electron chi connectivity index (χ2n) is 6.20. The van der Waals surface area contributed by atoms with E-state index in [-0.39, 0.29) is 0 Å². The number of ether oxygens (including phenoxy) is 1. The number of carbonyl (C=O) groups is 1. The highest BCUT2D eigenvalue weighted by Gasteiger charge is 2.24. The van der Waals surface area contributed by atoms with E-state index < -0.39 is 32.7 Å². The third-order valence-corrected chi connectivity index (χ3v) is 5.53. The predicted octanol–water partition coefficient (Wildman–Crippen LogP) is 3.92. The summed E-state index contributed by atoms with van der Waals surface area (Å²) < 4.78 is 46.2.